The van der Waals surface area contributed by atoms with Crippen molar-refractivity contribution in [3.05, 3.63) is 34.9 Å². The van der Waals surface area contributed by atoms with Crippen LogP contribution in [0.3, 0.4) is 0 Å². The molecule has 0 spiro atoms. The topological polar surface area (TPSA) is 98.8 Å². The van der Waals surface area contributed by atoms with Crippen molar-refractivity contribution in [3.8, 4) is 0 Å². The van der Waals surface area contributed by atoms with Gasteiger partial charge in [-0.3, -0.25) is 34.3 Å². The van der Waals surface area contributed by atoms with Gasteiger partial charge in [-0.2, -0.15) is 0 Å². The van der Waals surface area contributed by atoms with Crippen LogP contribution in [-0.4, -0.2) is 65.1 Å². The fourth-order valence-electron chi connectivity index (χ4n) is 5.02. The van der Waals surface area contributed by atoms with Gasteiger partial charge in [-0.25, -0.2) is 0 Å². The minimum Gasteiger partial charge on any atom is -0.312 e. The maximum Gasteiger partial charge on any atom is 0.262 e. The first-order chi connectivity index (χ1) is 13.5. The van der Waals surface area contributed by atoms with Gasteiger partial charge in [0.1, 0.15) is 6.04 Å². The van der Waals surface area contributed by atoms with Crippen molar-refractivity contribution in [3.63, 3.8) is 0 Å². The predicted octanol–water partition coefficient (Wildman–Crippen LogP) is -0.118. The number of carbonyl (C=O) groups is 4. The molecule has 0 radical (unpaired) electrons. The second kappa shape index (κ2) is 6.49. The van der Waals surface area contributed by atoms with E-state index in [9.17, 15) is 19.2 Å². The zero-order valence-corrected chi connectivity index (χ0v) is 15.4. The molecule has 4 heterocycles. The molecule has 3 fully saturated rings. The molecular weight excluding hydrogens is 360 g/mol. The van der Waals surface area contributed by atoms with Crippen molar-refractivity contribution in [2.45, 2.75) is 37.9 Å². The van der Waals surface area contributed by atoms with Crippen LogP contribution in [0.15, 0.2) is 18.2 Å². The van der Waals surface area contributed by atoms with Crippen LogP contribution in [-0.2, 0) is 16.1 Å². The molecule has 1 aromatic rings. The van der Waals surface area contributed by atoms with Crippen molar-refractivity contribution in [2.24, 2.45) is 5.92 Å². The van der Waals surface area contributed by atoms with Crippen molar-refractivity contribution in [1.82, 2.24) is 20.4 Å². The minimum absolute atomic E-state index is 0.125. The third-order valence-corrected chi connectivity index (χ3v) is 6.26. The normalized spacial score (nSPS) is 30.0. The summed E-state index contributed by atoms with van der Waals surface area (Å²) in [5, 5.41) is 5.75. The summed E-state index contributed by atoms with van der Waals surface area (Å²) in [7, 11) is 0. The number of benzene rings is 1. The summed E-state index contributed by atoms with van der Waals surface area (Å²) in [6.45, 7) is 3.56. The van der Waals surface area contributed by atoms with Crippen molar-refractivity contribution >= 4 is 23.6 Å². The van der Waals surface area contributed by atoms with E-state index in [2.05, 4.69) is 15.5 Å². The Labute approximate surface area is 162 Å². The number of carbonyl (C=O) groups excluding carboxylic acids is 4. The van der Waals surface area contributed by atoms with E-state index in [1.165, 1.54) is 6.42 Å². The number of imide groups is 2. The average Bonchev–Trinajstić information content (AvgIpc) is 3.13. The smallest absolute Gasteiger partial charge is 0.262 e. The van der Waals surface area contributed by atoms with Crippen molar-refractivity contribution < 1.29 is 19.2 Å². The van der Waals surface area contributed by atoms with E-state index in [1.807, 2.05) is 6.07 Å². The molecule has 4 aliphatic heterocycles. The largest absolute Gasteiger partial charge is 0.312 e. The molecule has 4 amide bonds. The monoisotopic (exact) mass is 382 g/mol. The van der Waals surface area contributed by atoms with Crippen LogP contribution in [0.5, 0.6) is 0 Å². The molecule has 0 saturated carbocycles. The zero-order chi connectivity index (χ0) is 19.4. The SMILES string of the molecule is O=C1CCC(N2C(=O)c3cccc(CN4CC5CNC(C5)C4)c3C2=O)C(=O)N1. The Morgan fingerprint density at radius 3 is 2.71 bits per heavy atom. The molecule has 3 saturated heterocycles. The highest BCUT2D eigenvalue weighted by Gasteiger charge is 2.45. The van der Waals surface area contributed by atoms with Gasteiger partial charge in [-0.1, -0.05) is 12.1 Å². The van der Waals surface area contributed by atoms with Crippen LogP contribution < -0.4 is 10.6 Å². The zero-order valence-electron chi connectivity index (χ0n) is 15.4. The predicted molar refractivity (Wildman–Crippen MR) is 98.3 cm³/mol. The number of fused-ring (bicyclic) bond motifs is 3. The highest BCUT2D eigenvalue weighted by Crippen LogP contribution is 2.31. The number of piperidine rings is 2. The molecule has 8 heteroatoms. The number of nitrogens with one attached hydrogen (secondary N) is 2. The van der Waals surface area contributed by atoms with Gasteiger partial charge < -0.3 is 5.32 Å². The standard InChI is InChI=1S/C20H22N4O4/c25-16-5-4-15(18(26)22-16)24-19(27)14-3-1-2-12(17(14)20(24)28)9-23-8-11-6-13(10-23)21-7-11/h1-3,11,13,15,21H,4-10H2,(H,22,25,26). The summed E-state index contributed by atoms with van der Waals surface area (Å²) in [5.74, 6) is -1.19. The highest BCUT2D eigenvalue weighted by molar-refractivity contribution is 6.24. The van der Waals surface area contributed by atoms with Gasteiger partial charge in [0.25, 0.3) is 11.8 Å². The number of amides is 4. The molecule has 8 nitrogen and oxygen atoms in total. The summed E-state index contributed by atoms with van der Waals surface area (Å²) in [6.07, 6.45) is 1.50. The van der Waals surface area contributed by atoms with Gasteiger partial charge in [0.05, 0.1) is 11.1 Å². The Morgan fingerprint density at radius 2 is 1.93 bits per heavy atom. The van der Waals surface area contributed by atoms with Crippen LogP contribution in [0.1, 0.15) is 45.5 Å². The second-order valence-corrected chi connectivity index (χ2v) is 8.19. The van der Waals surface area contributed by atoms with E-state index in [-0.39, 0.29) is 18.7 Å². The number of nitrogens with zero attached hydrogens (tertiary/aromatic N) is 2. The van der Waals surface area contributed by atoms with Gasteiger partial charge >= 0.3 is 0 Å². The Bertz CT molecular complexity index is 886. The Morgan fingerprint density at radius 1 is 1.07 bits per heavy atom. The summed E-state index contributed by atoms with van der Waals surface area (Å²) in [4.78, 5) is 53.1. The maximum absolute atomic E-state index is 13.1. The average molecular weight is 382 g/mol. The van der Waals surface area contributed by atoms with Gasteiger partial charge in [0, 0.05) is 32.1 Å². The lowest BCUT2D eigenvalue weighted by Gasteiger charge is -2.31. The van der Waals surface area contributed by atoms with Crippen LogP contribution in [0.25, 0.3) is 0 Å². The highest BCUT2D eigenvalue weighted by atomic mass is 16.2. The maximum atomic E-state index is 13.1. The third kappa shape index (κ3) is 2.75. The van der Waals surface area contributed by atoms with E-state index in [0.29, 0.717) is 29.6 Å². The first-order valence-electron chi connectivity index (χ1n) is 9.80. The van der Waals surface area contributed by atoms with Gasteiger partial charge in [-0.05, 0) is 36.9 Å². The minimum atomic E-state index is -0.923. The van der Waals surface area contributed by atoms with Crippen LogP contribution >= 0.6 is 0 Å². The summed E-state index contributed by atoms with van der Waals surface area (Å²) in [5.41, 5.74) is 1.58. The van der Waals surface area contributed by atoms with Gasteiger partial charge in [0.2, 0.25) is 11.8 Å². The third-order valence-electron chi connectivity index (χ3n) is 6.26. The van der Waals surface area contributed by atoms with E-state index in [1.54, 1.807) is 12.1 Å². The molecule has 2 N–H and O–H groups in total. The number of hydrogen-bond donors (Lipinski definition) is 2. The first kappa shape index (κ1) is 17.5. The molecule has 28 heavy (non-hydrogen) atoms. The molecule has 0 aromatic heterocycles. The molecule has 2 bridgehead atoms. The summed E-state index contributed by atoms with van der Waals surface area (Å²) in [6, 6.07) is 4.90. The summed E-state index contributed by atoms with van der Waals surface area (Å²) >= 11 is 0. The second-order valence-electron chi connectivity index (χ2n) is 8.19. The van der Waals surface area contributed by atoms with E-state index in [4.69, 9.17) is 0 Å². The molecule has 0 aliphatic carbocycles. The molecule has 3 unspecified atom stereocenters. The molecule has 1 aromatic carbocycles. The quantitative estimate of drug-likeness (QED) is 0.708. The number of likely N-dealkylation sites (tertiary alicyclic amines) is 1. The molecule has 146 valence electrons. The van der Waals surface area contributed by atoms with Crippen LogP contribution in [0, 0.1) is 5.92 Å². The van der Waals surface area contributed by atoms with Crippen LogP contribution in [0.4, 0.5) is 0 Å². The Hall–Kier alpha value is -2.58. The molecule has 3 atom stereocenters. The number of rotatable bonds is 3. The van der Waals surface area contributed by atoms with Crippen LogP contribution in [0.2, 0.25) is 0 Å². The van der Waals surface area contributed by atoms with Gasteiger partial charge in [-0.15, -0.1) is 0 Å². The molecule has 4 aliphatic rings. The Kier molecular flexibility index (Phi) is 4.06. The van der Waals surface area contributed by atoms with E-state index >= 15 is 0 Å². The van der Waals surface area contributed by atoms with Crippen molar-refractivity contribution in [2.75, 3.05) is 19.6 Å². The van der Waals surface area contributed by atoms with E-state index < -0.39 is 23.8 Å². The lowest BCUT2D eigenvalue weighted by molar-refractivity contribution is -0.136. The van der Waals surface area contributed by atoms with E-state index in [0.717, 1.165) is 30.1 Å². The fourth-order valence-corrected chi connectivity index (χ4v) is 5.02. The molecular formula is C20H22N4O4. The fraction of sp³-hybridized carbons (Fsp3) is 0.500. The van der Waals surface area contributed by atoms with Gasteiger partial charge in [0.15, 0.2) is 0 Å². The lowest BCUT2D eigenvalue weighted by Crippen LogP contribution is -2.54. The summed E-state index contributed by atoms with van der Waals surface area (Å²) < 4.78 is 0. The molecule has 5 rings (SSSR count). The van der Waals surface area contributed by atoms with Crippen molar-refractivity contribution in [1.29, 1.82) is 0 Å². The first-order valence-corrected chi connectivity index (χ1v) is 9.80. The number of hydrogen-bond acceptors (Lipinski definition) is 6. The Balaban J connectivity index is 1.42. The lowest BCUT2D eigenvalue weighted by atomic mass is 9.97.